The molecule has 0 radical (unpaired) electrons. The molecule has 1 aromatic carbocycles. The van der Waals surface area contributed by atoms with E-state index in [0.29, 0.717) is 13.2 Å². The first-order valence-corrected chi connectivity index (χ1v) is 7.66. The number of hydrogen-bond donors (Lipinski definition) is 1. The second kappa shape index (κ2) is 5.90. The molecule has 0 bridgehead atoms. The van der Waals surface area contributed by atoms with Crippen molar-refractivity contribution in [1.82, 2.24) is 14.4 Å². The van der Waals surface area contributed by atoms with E-state index in [4.69, 9.17) is 9.84 Å². The molecule has 120 valence electrons. The van der Waals surface area contributed by atoms with Crippen molar-refractivity contribution in [3.8, 4) is 11.4 Å². The number of benzene rings is 1. The average molecular weight is 321 g/mol. The van der Waals surface area contributed by atoms with Crippen LogP contribution in [-0.4, -0.2) is 38.7 Å². The van der Waals surface area contributed by atoms with Gasteiger partial charge in [0.1, 0.15) is 5.82 Å². The molecule has 0 aliphatic carbocycles. The Hall–Kier alpha value is -2.99. The fourth-order valence-corrected chi connectivity index (χ4v) is 2.80. The maximum absolute atomic E-state index is 11.0. The van der Waals surface area contributed by atoms with Crippen LogP contribution < -0.4 is 0 Å². The van der Waals surface area contributed by atoms with Gasteiger partial charge in [0.2, 0.25) is 0 Å². The number of hydrogen-bond acceptors (Lipinski definition) is 4. The maximum Gasteiger partial charge on any atom is 0.335 e. The smallest absolute Gasteiger partial charge is 0.335 e. The fraction of sp³-hybridized carbons (Fsp3) is 0.167. The second-order valence-electron chi connectivity index (χ2n) is 5.59. The lowest BCUT2D eigenvalue weighted by atomic mass is 10.1. The van der Waals surface area contributed by atoms with Gasteiger partial charge in [0.25, 0.3) is 0 Å². The number of aromatic nitrogens is 3. The van der Waals surface area contributed by atoms with Crippen molar-refractivity contribution >= 4 is 17.1 Å². The summed E-state index contributed by atoms with van der Waals surface area (Å²) >= 11 is 0. The van der Waals surface area contributed by atoms with Gasteiger partial charge in [-0.05, 0) is 24.1 Å². The van der Waals surface area contributed by atoms with Crippen LogP contribution in [0.5, 0.6) is 0 Å². The van der Waals surface area contributed by atoms with Crippen LogP contribution in [0.1, 0.15) is 22.5 Å². The van der Waals surface area contributed by atoms with Crippen molar-refractivity contribution < 1.29 is 14.6 Å². The van der Waals surface area contributed by atoms with Gasteiger partial charge in [-0.3, -0.25) is 9.38 Å². The molecule has 6 nitrogen and oxygen atoms in total. The van der Waals surface area contributed by atoms with Crippen molar-refractivity contribution in [2.75, 3.05) is 13.2 Å². The lowest BCUT2D eigenvalue weighted by Gasteiger charge is -2.13. The first kappa shape index (κ1) is 14.6. The molecule has 1 aliphatic heterocycles. The Balaban J connectivity index is 1.78. The highest BCUT2D eigenvalue weighted by atomic mass is 16.5. The molecule has 0 spiro atoms. The van der Waals surface area contributed by atoms with Crippen molar-refractivity contribution in [3.63, 3.8) is 0 Å². The fourth-order valence-electron chi connectivity index (χ4n) is 2.80. The van der Waals surface area contributed by atoms with Gasteiger partial charge in [0.15, 0.2) is 0 Å². The highest BCUT2D eigenvalue weighted by molar-refractivity contribution is 5.88. The quantitative estimate of drug-likeness (QED) is 0.802. The van der Waals surface area contributed by atoms with E-state index in [1.807, 2.05) is 10.6 Å². The molecule has 0 fully saturated rings. The first-order chi connectivity index (χ1) is 11.7. The highest BCUT2D eigenvalue weighted by Gasteiger charge is 2.12. The largest absolute Gasteiger partial charge is 0.478 e. The second-order valence-corrected chi connectivity index (χ2v) is 5.59. The van der Waals surface area contributed by atoms with Crippen molar-refractivity contribution in [1.29, 1.82) is 0 Å². The molecule has 3 aromatic rings. The first-order valence-electron chi connectivity index (χ1n) is 7.66. The number of imidazole rings is 1. The minimum Gasteiger partial charge on any atom is -0.478 e. The van der Waals surface area contributed by atoms with Gasteiger partial charge in [0, 0.05) is 11.8 Å². The molecule has 24 heavy (non-hydrogen) atoms. The zero-order valence-electron chi connectivity index (χ0n) is 12.8. The molecular weight excluding hydrogens is 306 g/mol. The van der Waals surface area contributed by atoms with Gasteiger partial charge in [-0.15, -0.1) is 0 Å². The van der Waals surface area contributed by atoms with Crippen LogP contribution in [0.4, 0.5) is 0 Å². The van der Waals surface area contributed by atoms with E-state index in [0.717, 1.165) is 29.0 Å². The normalized spacial score (nSPS) is 14.6. The molecule has 4 rings (SSSR count). The van der Waals surface area contributed by atoms with E-state index >= 15 is 0 Å². The number of nitrogens with zero attached hydrogens (tertiary/aromatic N) is 3. The Bertz CT molecular complexity index is 942. The molecule has 6 heteroatoms. The summed E-state index contributed by atoms with van der Waals surface area (Å²) in [6.45, 7) is 1.32. The van der Waals surface area contributed by atoms with Crippen LogP contribution in [0.2, 0.25) is 0 Å². The molecule has 0 saturated heterocycles. The lowest BCUT2D eigenvalue weighted by Crippen LogP contribution is -2.05. The summed E-state index contributed by atoms with van der Waals surface area (Å²) in [6, 6.07) is 6.71. The molecule has 3 heterocycles. The Morgan fingerprint density at radius 2 is 1.96 bits per heavy atom. The van der Waals surface area contributed by atoms with Gasteiger partial charge in [-0.1, -0.05) is 18.2 Å². The van der Waals surface area contributed by atoms with E-state index < -0.39 is 5.97 Å². The molecule has 0 amide bonds. The Labute approximate surface area is 138 Å². The van der Waals surface area contributed by atoms with Crippen molar-refractivity contribution in [2.24, 2.45) is 0 Å². The van der Waals surface area contributed by atoms with Crippen LogP contribution in [0.15, 0.2) is 48.9 Å². The van der Waals surface area contributed by atoms with Crippen LogP contribution in [0, 0.1) is 0 Å². The number of carboxylic acid groups (broad SMARTS) is 1. The Kier molecular flexibility index (Phi) is 3.59. The van der Waals surface area contributed by atoms with Crippen molar-refractivity contribution in [3.05, 3.63) is 60.2 Å². The number of carboxylic acids is 1. The number of carbonyl (C=O) groups is 1. The minimum absolute atomic E-state index is 0.259. The summed E-state index contributed by atoms with van der Waals surface area (Å²) < 4.78 is 7.33. The summed E-state index contributed by atoms with van der Waals surface area (Å²) in [7, 11) is 0. The van der Waals surface area contributed by atoms with Gasteiger partial charge in [0.05, 0.1) is 42.4 Å². The number of aromatic carboxylic acids is 1. The van der Waals surface area contributed by atoms with E-state index in [1.54, 1.807) is 36.7 Å². The summed E-state index contributed by atoms with van der Waals surface area (Å²) in [5.74, 6) is -0.175. The van der Waals surface area contributed by atoms with Gasteiger partial charge in [-0.2, -0.15) is 0 Å². The molecule has 1 N–H and O–H groups in total. The SMILES string of the molecule is O=C(O)c1ccc(-c2ncc3cnc(C4=CCOCC4)cn23)cc1. The monoisotopic (exact) mass is 321 g/mol. The van der Waals surface area contributed by atoms with Crippen molar-refractivity contribution in [2.45, 2.75) is 6.42 Å². The number of ether oxygens (including phenoxy) is 1. The van der Waals surface area contributed by atoms with Crippen LogP contribution in [0.3, 0.4) is 0 Å². The Morgan fingerprint density at radius 1 is 1.17 bits per heavy atom. The topological polar surface area (TPSA) is 76.7 Å². The van der Waals surface area contributed by atoms with E-state index in [2.05, 4.69) is 16.0 Å². The summed E-state index contributed by atoms with van der Waals surface area (Å²) in [6.07, 6.45) is 8.43. The molecule has 1 aliphatic rings. The van der Waals surface area contributed by atoms with Gasteiger partial charge < -0.3 is 9.84 Å². The minimum atomic E-state index is -0.938. The summed E-state index contributed by atoms with van der Waals surface area (Å²) in [5.41, 5.74) is 4.09. The number of rotatable bonds is 3. The third-order valence-corrected chi connectivity index (χ3v) is 4.10. The number of fused-ring (bicyclic) bond motifs is 1. The van der Waals surface area contributed by atoms with E-state index in [-0.39, 0.29) is 5.56 Å². The van der Waals surface area contributed by atoms with Crippen LogP contribution in [-0.2, 0) is 4.74 Å². The zero-order chi connectivity index (χ0) is 16.5. The van der Waals surface area contributed by atoms with E-state index in [1.165, 1.54) is 5.57 Å². The molecule has 0 saturated carbocycles. The predicted molar refractivity (Wildman–Crippen MR) is 88.8 cm³/mol. The summed E-state index contributed by atoms with van der Waals surface area (Å²) in [5, 5.41) is 9.01. The molecule has 0 atom stereocenters. The Morgan fingerprint density at radius 3 is 2.67 bits per heavy atom. The van der Waals surface area contributed by atoms with Gasteiger partial charge >= 0.3 is 5.97 Å². The van der Waals surface area contributed by atoms with Crippen LogP contribution >= 0.6 is 0 Å². The van der Waals surface area contributed by atoms with Crippen LogP contribution in [0.25, 0.3) is 22.5 Å². The standard InChI is InChI=1S/C18H15N3O3/c22-18(23)14-3-1-13(2-4-14)17-20-10-15-9-19-16(11-21(15)17)12-5-7-24-8-6-12/h1-5,9-11H,6-8H2,(H,22,23). The third-order valence-electron chi connectivity index (χ3n) is 4.10. The molecule has 0 unspecified atom stereocenters. The van der Waals surface area contributed by atoms with Gasteiger partial charge in [-0.25, -0.2) is 9.78 Å². The third kappa shape index (κ3) is 2.57. The highest BCUT2D eigenvalue weighted by Crippen LogP contribution is 2.24. The lowest BCUT2D eigenvalue weighted by molar-refractivity contribution is 0.0697. The maximum atomic E-state index is 11.0. The predicted octanol–water partition coefficient (Wildman–Crippen LogP) is 2.90. The van der Waals surface area contributed by atoms with E-state index in [9.17, 15) is 4.79 Å². The average Bonchev–Trinajstić information content (AvgIpc) is 3.05. The zero-order valence-corrected chi connectivity index (χ0v) is 12.8. The molecular formula is C18H15N3O3. The summed E-state index contributed by atoms with van der Waals surface area (Å²) in [4.78, 5) is 20.0. The molecule has 2 aromatic heterocycles.